The maximum atomic E-state index is 14.6. The molecule has 0 N–H and O–H groups in total. The van der Waals surface area contributed by atoms with E-state index >= 15 is 0 Å². The molecule has 2 aromatic rings. The normalized spacial score (nSPS) is 12.0. The highest BCUT2D eigenvalue weighted by atomic mass is 32.1. The predicted octanol–water partition coefficient (Wildman–Crippen LogP) is 6.30. The summed E-state index contributed by atoms with van der Waals surface area (Å²) in [6, 6.07) is 7.83. The van der Waals surface area contributed by atoms with Gasteiger partial charge < -0.3 is 4.74 Å². The average molecular weight is 417 g/mol. The molecule has 7 heteroatoms. The van der Waals surface area contributed by atoms with Gasteiger partial charge in [0, 0.05) is 18.1 Å². The molecule has 0 heterocycles. The van der Waals surface area contributed by atoms with Crippen LogP contribution in [-0.4, -0.2) is 11.1 Å². The molecule has 2 aromatic carbocycles. The van der Waals surface area contributed by atoms with Gasteiger partial charge in [0.05, 0.1) is 6.67 Å². The SMILES string of the molecule is FCCCCCc1ccc(C(Cc2cc(F)cc(F)c2)OC(=S)S)c(F)c1. The van der Waals surface area contributed by atoms with E-state index in [-0.39, 0.29) is 23.0 Å². The molecule has 0 radical (unpaired) electrons. The van der Waals surface area contributed by atoms with Crippen LogP contribution in [0, 0.1) is 17.5 Å². The number of thiocarbonyl (C=S) groups is 1. The number of unbranched alkanes of at least 4 members (excludes halogenated alkanes) is 2. The van der Waals surface area contributed by atoms with Crippen molar-refractivity contribution in [3.63, 3.8) is 0 Å². The van der Waals surface area contributed by atoms with Crippen molar-refractivity contribution in [3.05, 3.63) is 70.5 Å². The number of alkyl halides is 1. The zero-order valence-electron chi connectivity index (χ0n) is 14.6. The van der Waals surface area contributed by atoms with Crippen LogP contribution >= 0.6 is 24.8 Å². The second kappa shape index (κ2) is 10.7. The number of ether oxygens (including phenoxy) is 1. The molecule has 27 heavy (non-hydrogen) atoms. The second-order valence-electron chi connectivity index (χ2n) is 6.21. The van der Waals surface area contributed by atoms with E-state index in [0.29, 0.717) is 18.4 Å². The quantitative estimate of drug-likeness (QED) is 0.222. The molecule has 0 fully saturated rings. The summed E-state index contributed by atoms with van der Waals surface area (Å²) in [4.78, 5) is 0. The van der Waals surface area contributed by atoms with Gasteiger partial charge in [-0.2, -0.15) is 0 Å². The van der Waals surface area contributed by atoms with Crippen LogP contribution in [0.1, 0.15) is 42.1 Å². The summed E-state index contributed by atoms with van der Waals surface area (Å²) >= 11 is 8.75. The summed E-state index contributed by atoms with van der Waals surface area (Å²) in [5, 5.41) is 0. The summed E-state index contributed by atoms with van der Waals surface area (Å²) in [6.45, 7) is -0.351. The minimum atomic E-state index is -0.864. The van der Waals surface area contributed by atoms with E-state index in [1.54, 1.807) is 12.1 Å². The van der Waals surface area contributed by atoms with Gasteiger partial charge in [0.15, 0.2) is 0 Å². The Hall–Kier alpha value is -1.60. The molecule has 2 rings (SSSR count). The van der Waals surface area contributed by atoms with Crippen LogP contribution in [-0.2, 0) is 17.6 Å². The Morgan fingerprint density at radius 1 is 0.963 bits per heavy atom. The third-order valence-corrected chi connectivity index (χ3v) is 4.30. The number of hydrogen-bond acceptors (Lipinski definition) is 2. The third kappa shape index (κ3) is 7.14. The maximum absolute atomic E-state index is 14.6. The average Bonchev–Trinajstić information content (AvgIpc) is 2.57. The molecule has 1 nitrogen and oxygen atoms in total. The highest BCUT2D eigenvalue weighted by Crippen LogP contribution is 2.27. The van der Waals surface area contributed by atoms with Gasteiger partial charge in [-0.05, 0) is 60.8 Å². The first-order valence-corrected chi connectivity index (χ1v) is 9.43. The minimum Gasteiger partial charge on any atom is -0.470 e. The fourth-order valence-electron chi connectivity index (χ4n) is 2.87. The standard InChI is InChI=1S/C20H20F4OS2/c21-7-3-1-2-4-13-5-6-17(18(24)10-13)19(25-20(26)27)11-14-8-15(22)12-16(23)9-14/h5-6,8-10,12,19H,1-4,7,11H2,(H,26,27). The summed E-state index contributed by atoms with van der Waals surface area (Å²) < 4.78 is 58.9. The van der Waals surface area contributed by atoms with Crippen LogP contribution in [0.25, 0.3) is 0 Å². The zero-order valence-corrected chi connectivity index (χ0v) is 16.3. The minimum absolute atomic E-state index is 0.0299. The summed E-state index contributed by atoms with van der Waals surface area (Å²) in [5.41, 5.74) is 1.33. The fourth-order valence-corrected chi connectivity index (χ4v) is 3.11. The highest BCUT2D eigenvalue weighted by Gasteiger charge is 2.20. The lowest BCUT2D eigenvalue weighted by atomic mass is 9.98. The molecule has 0 saturated heterocycles. The smallest absolute Gasteiger partial charge is 0.217 e. The van der Waals surface area contributed by atoms with Crippen molar-refractivity contribution in [3.8, 4) is 0 Å². The number of hydrogen-bond donors (Lipinski definition) is 1. The van der Waals surface area contributed by atoms with Gasteiger partial charge in [-0.25, -0.2) is 13.2 Å². The van der Waals surface area contributed by atoms with Gasteiger partial charge in [0.1, 0.15) is 23.6 Å². The summed E-state index contributed by atoms with van der Waals surface area (Å²) in [5.74, 6) is -1.94. The zero-order chi connectivity index (χ0) is 19.8. The Kier molecular flexibility index (Phi) is 8.57. The Morgan fingerprint density at radius 3 is 2.26 bits per heavy atom. The van der Waals surface area contributed by atoms with E-state index in [2.05, 4.69) is 12.6 Å². The van der Waals surface area contributed by atoms with Gasteiger partial charge in [-0.1, -0.05) is 31.2 Å². The number of rotatable bonds is 9. The van der Waals surface area contributed by atoms with E-state index in [0.717, 1.165) is 36.6 Å². The maximum Gasteiger partial charge on any atom is 0.217 e. The lowest BCUT2D eigenvalue weighted by molar-refractivity contribution is 0.200. The van der Waals surface area contributed by atoms with Gasteiger partial charge in [0.25, 0.3) is 0 Å². The molecule has 0 saturated carbocycles. The second-order valence-corrected chi connectivity index (χ2v) is 7.29. The highest BCUT2D eigenvalue weighted by molar-refractivity contribution is 8.10. The Morgan fingerprint density at radius 2 is 1.67 bits per heavy atom. The van der Waals surface area contributed by atoms with Gasteiger partial charge in [-0.3, -0.25) is 4.39 Å². The van der Waals surface area contributed by atoms with Crippen molar-refractivity contribution in [1.29, 1.82) is 0 Å². The first kappa shape index (κ1) is 21.7. The summed E-state index contributed by atoms with van der Waals surface area (Å²) in [7, 11) is 0. The molecule has 0 aliphatic carbocycles. The molecular formula is C20H20F4OS2. The van der Waals surface area contributed by atoms with Crippen LogP contribution in [0.4, 0.5) is 17.6 Å². The first-order valence-electron chi connectivity index (χ1n) is 8.58. The van der Waals surface area contributed by atoms with E-state index in [9.17, 15) is 17.6 Å². The molecule has 0 amide bonds. The molecule has 0 aliphatic heterocycles. The fraction of sp³-hybridized carbons (Fsp3) is 0.350. The number of thiol groups is 1. The van der Waals surface area contributed by atoms with Crippen molar-refractivity contribution >= 4 is 29.2 Å². The van der Waals surface area contributed by atoms with Crippen LogP contribution in [0.15, 0.2) is 36.4 Å². The molecule has 146 valence electrons. The largest absolute Gasteiger partial charge is 0.470 e. The molecular weight excluding hydrogens is 396 g/mol. The third-order valence-electron chi connectivity index (χ3n) is 4.10. The molecule has 0 aliphatic rings. The van der Waals surface area contributed by atoms with Crippen LogP contribution in [0.3, 0.4) is 0 Å². The van der Waals surface area contributed by atoms with E-state index in [4.69, 9.17) is 17.0 Å². The van der Waals surface area contributed by atoms with Crippen molar-refractivity contribution in [2.24, 2.45) is 0 Å². The Balaban J connectivity index is 2.18. The van der Waals surface area contributed by atoms with Crippen molar-refractivity contribution in [2.45, 2.75) is 38.2 Å². The topological polar surface area (TPSA) is 9.23 Å². The Bertz CT molecular complexity index is 762. The number of aryl methyl sites for hydroxylation is 1. The lowest BCUT2D eigenvalue weighted by Crippen LogP contribution is -2.12. The molecule has 0 spiro atoms. The van der Waals surface area contributed by atoms with E-state index in [1.807, 2.05) is 0 Å². The van der Waals surface area contributed by atoms with Crippen molar-refractivity contribution in [1.82, 2.24) is 0 Å². The molecule has 0 aromatic heterocycles. The molecule has 1 unspecified atom stereocenters. The first-order chi connectivity index (χ1) is 12.9. The monoisotopic (exact) mass is 416 g/mol. The van der Waals surface area contributed by atoms with Crippen LogP contribution in [0.2, 0.25) is 0 Å². The molecule has 0 bridgehead atoms. The van der Waals surface area contributed by atoms with Gasteiger partial charge >= 0.3 is 0 Å². The predicted molar refractivity (Wildman–Crippen MR) is 105 cm³/mol. The van der Waals surface area contributed by atoms with Gasteiger partial charge in [0.2, 0.25) is 4.38 Å². The van der Waals surface area contributed by atoms with Crippen LogP contribution < -0.4 is 0 Å². The van der Waals surface area contributed by atoms with Crippen molar-refractivity contribution < 1.29 is 22.3 Å². The van der Waals surface area contributed by atoms with Crippen molar-refractivity contribution in [2.75, 3.05) is 6.67 Å². The molecule has 1 atom stereocenters. The van der Waals surface area contributed by atoms with E-state index in [1.165, 1.54) is 6.07 Å². The van der Waals surface area contributed by atoms with Gasteiger partial charge in [-0.15, -0.1) is 0 Å². The van der Waals surface area contributed by atoms with E-state index < -0.39 is 23.6 Å². The number of benzene rings is 2. The Labute approximate surface area is 167 Å². The van der Waals surface area contributed by atoms with Crippen LogP contribution in [0.5, 0.6) is 0 Å². The lowest BCUT2D eigenvalue weighted by Gasteiger charge is -2.20. The summed E-state index contributed by atoms with van der Waals surface area (Å²) in [6.07, 6.45) is 1.82. The number of halogens is 4.